The van der Waals surface area contributed by atoms with Gasteiger partial charge in [-0.15, -0.1) is 0 Å². The van der Waals surface area contributed by atoms with Gasteiger partial charge in [-0.05, 0) is 47.2 Å². The molecule has 0 heterocycles. The van der Waals surface area contributed by atoms with Gasteiger partial charge in [0.25, 0.3) is 0 Å². The maximum Gasteiger partial charge on any atom is 0.329 e. The van der Waals surface area contributed by atoms with Crippen LogP contribution < -0.4 is 5.73 Å². The van der Waals surface area contributed by atoms with Crippen molar-refractivity contribution in [2.75, 3.05) is 6.61 Å². The third kappa shape index (κ3) is 4.08. The number of carbonyl (C=O) groups is 2. The van der Waals surface area contributed by atoms with Crippen LogP contribution in [0.25, 0.3) is 10.8 Å². The van der Waals surface area contributed by atoms with Gasteiger partial charge in [0.2, 0.25) is 0 Å². The molecule has 5 atom stereocenters. The summed E-state index contributed by atoms with van der Waals surface area (Å²) >= 11 is 0. The van der Waals surface area contributed by atoms with Crippen LogP contribution in [-0.4, -0.2) is 30.2 Å². The zero-order valence-corrected chi connectivity index (χ0v) is 19.2. The molecule has 2 aliphatic rings. The van der Waals surface area contributed by atoms with E-state index in [2.05, 4.69) is 24.3 Å². The molecule has 0 saturated heterocycles. The summed E-state index contributed by atoms with van der Waals surface area (Å²) in [5.74, 6) is -1.57. The summed E-state index contributed by atoms with van der Waals surface area (Å²) in [7, 11) is 0. The first-order valence-electron chi connectivity index (χ1n) is 11.8. The summed E-state index contributed by atoms with van der Waals surface area (Å²) in [5, 5.41) is 2.28. The highest BCUT2D eigenvalue weighted by Gasteiger charge is 2.75. The lowest BCUT2D eigenvalue weighted by atomic mass is 9.88. The molecule has 6 heteroatoms. The average Bonchev–Trinajstić information content (AvgIpc) is 3.52. The van der Waals surface area contributed by atoms with Crippen molar-refractivity contribution < 1.29 is 23.8 Å². The highest BCUT2D eigenvalue weighted by Crippen LogP contribution is 2.63. The number of esters is 2. The van der Waals surface area contributed by atoms with Gasteiger partial charge in [0.1, 0.15) is 12.1 Å². The molecule has 2 saturated carbocycles. The van der Waals surface area contributed by atoms with Crippen molar-refractivity contribution in [2.24, 2.45) is 23.5 Å². The fourth-order valence-electron chi connectivity index (χ4n) is 5.38. The Kier molecular flexibility index (Phi) is 6.11. The van der Waals surface area contributed by atoms with Gasteiger partial charge in [-0.3, -0.25) is 4.79 Å². The molecular formula is C28H29NO5. The molecule has 6 nitrogen and oxygen atoms in total. The maximum atomic E-state index is 13.3. The Morgan fingerprint density at radius 1 is 0.912 bits per heavy atom. The van der Waals surface area contributed by atoms with Crippen molar-refractivity contribution in [3.8, 4) is 0 Å². The van der Waals surface area contributed by atoms with Crippen molar-refractivity contribution in [2.45, 2.75) is 38.2 Å². The summed E-state index contributed by atoms with van der Waals surface area (Å²) in [6.45, 7) is 2.52. The largest absolute Gasteiger partial charge is 0.466 e. The Hall–Kier alpha value is -3.22. The normalized spacial score (nSPS) is 27.2. The number of carbonyl (C=O) groups excluding carboxylic acids is 2. The molecule has 0 radical (unpaired) electrons. The average molecular weight is 460 g/mol. The topological polar surface area (TPSA) is 87.9 Å². The Morgan fingerprint density at radius 3 is 2.41 bits per heavy atom. The predicted molar refractivity (Wildman–Crippen MR) is 127 cm³/mol. The second kappa shape index (κ2) is 9.20. The summed E-state index contributed by atoms with van der Waals surface area (Å²) in [5.41, 5.74) is 7.25. The molecule has 0 bridgehead atoms. The molecule has 5 rings (SSSR count). The van der Waals surface area contributed by atoms with E-state index in [1.165, 1.54) is 0 Å². The summed E-state index contributed by atoms with van der Waals surface area (Å²) in [4.78, 5) is 25.8. The number of fused-ring (bicyclic) bond motifs is 2. The maximum absolute atomic E-state index is 13.3. The third-order valence-electron chi connectivity index (χ3n) is 7.13. The molecule has 2 fully saturated rings. The number of ether oxygens (including phenoxy) is 3. The molecule has 176 valence electrons. The van der Waals surface area contributed by atoms with Crippen LogP contribution in [0, 0.1) is 17.8 Å². The minimum Gasteiger partial charge on any atom is -0.466 e. The van der Waals surface area contributed by atoms with Crippen LogP contribution in [0.4, 0.5) is 0 Å². The van der Waals surface area contributed by atoms with Gasteiger partial charge >= 0.3 is 11.9 Å². The number of rotatable bonds is 8. The van der Waals surface area contributed by atoms with Crippen LogP contribution in [0.1, 0.15) is 24.5 Å². The van der Waals surface area contributed by atoms with E-state index in [4.69, 9.17) is 19.9 Å². The molecule has 0 unspecified atom stereocenters. The summed E-state index contributed by atoms with van der Waals surface area (Å²) < 4.78 is 17.1. The van der Waals surface area contributed by atoms with Gasteiger partial charge in [-0.25, -0.2) is 4.79 Å². The molecule has 3 aromatic carbocycles. The molecule has 0 aliphatic heterocycles. The minimum atomic E-state index is -1.40. The Morgan fingerprint density at radius 2 is 1.65 bits per heavy atom. The lowest BCUT2D eigenvalue weighted by Crippen LogP contribution is -2.59. The van der Waals surface area contributed by atoms with Gasteiger partial charge in [0.05, 0.1) is 25.2 Å². The van der Waals surface area contributed by atoms with Crippen molar-refractivity contribution in [1.29, 1.82) is 0 Å². The number of nitrogens with two attached hydrogens (primary N) is 1. The Balaban J connectivity index is 1.32. The molecule has 2 N–H and O–H groups in total. The van der Waals surface area contributed by atoms with E-state index in [0.29, 0.717) is 19.6 Å². The lowest BCUT2D eigenvalue weighted by molar-refractivity contribution is -0.160. The second-order valence-electron chi connectivity index (χ2n) is 9.18. The standard InChI is InChI=1S/C28H29NO5/c1-2-32-26(30)24-22-15-23(33-17-19-12-13-20-10-6-7-11-21(20)14-19)28(29,25(22)24)27(31)34-16-18-8-4-3-5-9-18/h3-14,22-25H,2,15-17,29H2,1H3/t22-,23+,24-,25-,28-/m0/s1. The van der Waals surface area contributed by atoms with Crippen LogP contribution >= 0.6 is 0 Å². The van der Waals surface area contributed by atoms with E-state index >= 15 is 0 Å². The van der Waals surface area contributed by atoms with Gasteiger partial charge in [0, 0.05) is 5.92 Å². The highest BCUT2D eigenvalue weighted by atomic mass is 16.5. The third-order valence-corrected chi connectivity index (χ3v) is 7.13. The van der Waals surface area contributed by atoms with Gasteiger partial charge < -0.3 is 19.9 Å². The molecule has 34 heavy (non-hydrogen) atoms. The van der Waals surface area contributed by atoms with Crippen molar-refractivity contribution in [1.82, 2.24) is 0 Å². The van der Waals surface area contributed by atoms with E-state index < -0.39 is 17.6 Å². The van der Waals surface area contributed by atoms with E-state index in [-0.39, 0.29) is 30.3 Å². The number of hydrogen-bond donors (Lipinski definition) is 1. The molecule has 0 aromatic heterocycles. The summed E-state index contributed by atoms with van der Waals surface area (Å²) in [6.07, 6.45) is -0.0125. The van der Waals surface area contributed by atoms with Crippen LogP contribution in [0.15, 0.2) is 72.8 Å². The SMILES string of the molecule is CCOC(=O)[C@H]1[C@@H]2C[C@@H](OCc3ccc4ccccc4c3)[C@@](N)(C(=O)OCc3ccccc3)[C@@H]21. The van der Waals surface area contributed by atoms with Crippen LogP contribution in [-0.2, 0) is 37.0 Å². The van der Waals surface area contributed by atoms with Crippen molar-refractivity contribution in [3.05, 3.63) is 83.9 Å². The molecule has 3 aromatic rings. The van der Waals surface area contributed by atoms with Gasteiger partial charge in [0.15, 0.2) is 0 Å². The monoisotopic (exact) mass is 459 g/mol. The highest BCUT2D eigenvalue weighted by molar-refractivity contribution is 5.88. The van der Waals surface area contributed by atoms with E-state index in [1.54, 1.807) is 6.92 Å². The fourth-order valence-corrected chi connectivity index (χ4v) is 5.38. The summed E-state index contributed by atoms with van der Waals surface area (Å²) in [6, 6.07) is 23.7. The minimum absolute atomic E-state index is 0.0325. The van der Waals surface area contributed by atoms with E-state index in [0.717, 1.165) is 21.9 Å². The quantitative estimate of drug-likeness (QED) is 0.513. The van der Waals surface area contributed by atoms with Crippen molar-refractivity contribution >= 4 is 22.7 Å². The number of benzene rings is 3. The molecule has 0 spiro atoms. The zero-order chi connectivity index (χ0) is 23.7. The van der Waals surface area contributed by atoms with Gasteiger partial charge in [-0.1, -0.05) is 66.7 Å². The molecule has 2 aliphatic carbocycles. The van der Waals surface area contributed by atoms with Crippen LogP contribution in [0.3, 0.4) is 0 Å². The smallest absolute Gasteiger partial charge is 0.329 e. The van der Waals surface area contributed by atoms with E-state index in [1.807, 2.05) is 48.5 Å². The fraction of sp³-hybridized carbons (Fsp3) is 0.357. The van der Waals surface area contributed by atoms with Gasteiger partial charge in [-0.2, -0.15) is 0 Å². The molecule has 0 amide bonds. The first-order valence-corrected chi connectivity index (χ1v) is 11.8. The first kappa shape index (κ1) is 22.6. The Labute approximate surface area is 199 Å². The zero-order valence-electron chi connectivity index (χ0n) is 19.2. The first-order chi connectivity index (χ1) is 16.5. The second-order valence-corrected chi connectivity index (χ2v) is 9.18. The number of hydrogen-bond acceptors (Lipinski definition) is 6. The van der Waals surface area contributed by atoms with Crippen LogP contribution in [0.2, 0.25) is 0 Å². The lowest BCUT2D eigenvalue weighted by Gasteiger charge is -2.32. The van der Waals surface area contributed by atoms with E-state index in [9.17, 15) is 9.59 Å². The predicted octanol–water partition coefficient (Wildman–Crippen LogP) is 3.99. The van der Waals surface area contributed by atoms with Crippen LogP contribution in [0.5, 0.6) is 0 Å². The van der Waals surface area contributed by atoms with Crippen molar-refractivity contribution in [3.63, 3.8) is 0 Å². The Bertz CT molecular complexity index is 1200. The molecular weight excluding hydrogens is 430 g/mol.